The number of methoxy groups -OCH3 is 1. The molecule has 3 N–H and O–H groups in total. The Morgan fingerprint density at radius 2 is 1.84 bits per heavy atom. The largest absolute Gasteiger partial charge is 0.494 e. The number of likely N-dealkylation sites (tertiary alicyclic amines) is 1. The fourth-order valence-corrected chi connectivity index (χ4v) is 3.90. The lowest BCUT2D eigenvalue weighted by Crippen LogP contribution is -2.50. The van der Waals surface area contributed by atoms with E-state index >= 15 is 0 Å². The molecule has 3 amide bonds. The molecule has 1 saturated heterocycles. The van der Waals surface area contributed by atoms with Gasteiger partial charge in [-0.05, 0) is 31.4 Å². The number of amides is 3. The number of nitrogens with zero attached hydrogens (tertiary/aromatic N) is 6. The molecule has 1 aromatic carbocycles. The van der Waals surface area contributed by atoms with Crippen molar-refractivity contribution in [1.29, 1.82) is 0 Å². The molecule has 4 rings (SSSR count). The third-order valence-electron chi connectivity index (χ3n) is 5.55. The Bertz CT molecular complexity index is 1290. The molecule has 12 nitrogen and oxygen atoms in total. The van der Waals surface area contributed by atoms with Crippen LogP contribution in [-0.2, 0) is 7.05 Å². The lowest BCUT2D eigenvalue weighted by molar-refractivity contribution is 0.0947. The molecule has 37 heavy (non-hydrogen) atoms. The van der Waals surface area contributed by atoms with Gasteiger partial charge in [-0.25, -0.2) is 9.78 Å². The molecule has 2 aromatic heterocycles. The van der Waals surface area contributed by atoms with Crippen molar-refractivity contribution < 1.29 is 14.3 Å². The van der Waals surface area contributed by atoms with Gasteiger partial charge in [0.05, 0.1) is 47.6 Å². The second-order valence-corrected chi connectivity index (χ2v) is 8.61. The van der Waals surface area contributed by atoms with Crippen molar-refractivity contribution in [2.24, 2.45) is 7.05 Å². The standard InChI is InChI=1S/C22H24B3N9O3/c1-33-12-26-19(32-33)13-7-6-8-14(18(13)37-2)27-15-11-16(28-21(36)34-9-4-3-5-10-34)30-31-17(15)20(35)29-22(23,24)25/h6-8,11-12H,3-5,9-10H2,1-2H3,(H,29,35)(H2,27,28,30,36). The number of hydrogen-bond donors (Lipinski definition) is 3. The molecule has 1 aliphatic heterocycles. The third-order valence-corrected chi connectivity index (χ3v) is 5.55. The predicted molar refractivity (Wildman–Crippen MR) is 140 cm³/mol. The number of rotatable bonds is 7. The Hall–Kier alpha value is -4.03. The molecule has 0 atom stereocenters. The van der Waals surface area contributed by atoms with Crippen LogP contribution in [0.4, 0.5) is 22.0 Å². The highest BCUT2D eigenvalue weighted by Gasteiger charge is 2.23. The highest BCUT2D eigenvalue weighted by molar-refractivity contribution is 6.60. The van der Waals surface area contributed by atoms with Crippen LogP contribution in [0.5, 0.6) is 5.75 Å². The number of piperidine rings is 1. The summed E-state index contributed by atoms with van der Waals surface area (Å²) in [6.45, 7) is 1.31. The number of nitrogens with one attached hydrogen (secondary N) is 3. The Morgan fingerprint density at radius 3 is 2.49 bits per heavy atom. The highest BCUT2D eigenvalue weighted by atomic mass is 16.5. The van der Waals surface area contributed by atoms with E-state index in [-0.39, 0.29) is 23.2 Å². The van der Waals surface area contributed by atoms with Gasteiger partial charge in [-0.15, -0.1) is 10.2 Å². The van der Waals surface area contributed by atoms with Crippen molar-refractivity contribution in [2.45, 2.75) is 24.5 Å². The lowest BCUT2D eigenvalue weighted by atomic mass is 9.49. The summed E-state index contributed by atoms with van der Waals surface area (Å²) in [6.07, 6.45) is 4.53. The van der Waals surface area contributed by atoms with E-state index in [1.807, 2.05) is 0 Å². The van der Waals surface area contributed by atoms with Crippen LogP contribution in [-0.4, -0.2) is 90.8 Å². The maximum Gasteiger partial charge on any atom is 0.323 e. The van der Waals surface area contributed by atoms with E-state index in [4.69, 9.17) is 28.3 Å². The van der Waals surface area contributed by atoms with Crippen LogP contribution in [0.1, 0.15) is 29.8 Å². The highest BCUT2D eigenvalue weighted by Crippen LogP contribution is 2.37. The zero-order valence-corrected chi connectivity index (χ0v) is 20.6. The number of benzene rings is 1. The molecular formula is C22H24B3N9O3. The maximum atomic E-state index is 12.9. The number of urea groups is 1. The zero-order valence-electron chi connectivity index (χ0n) is 20.6. The fraction of sp³-hybridized carbons (Fsp3) is 0.364. The summed E-state index contributed by atoms with van der Waals surface area (Å²) in [4.78, 5) is 31.6. The maximum absolute atomic E-state index is 12.9. The van der Waals surface area contributed by atoms with Crippen LogP contribution in [0.25, 0.3) is 11.4 Å². The van der Waals surface area contributed by atoms with Gasteiger partial charge in [-0.2, -0.15) is 5.10 Å². The first kappa shape index (κ1) is 26.0. The van der Waals surface area contributed by atoms with E-state index in [2.05, 4.69) is 36.2 Å². The minimum absolute atomic E-state index is 0.135. The van der Waals surface area contributed by atoms with Crippen LogP contribution in [0.2, 0.25) is 0 Å². The Kier molecular flexibility index (Phi) is 7.70. The summed E-state index contributed by atoms with van der Waals surface area (Å²) in [5.74, 6) is 0.220. The first-order chi connectivity index (χ1) is 17.6. The van der Waals surface area contributed by atoms with Gasteiger partial charge < -0.3 is 20.3 Å². The number of ether oxygens (including phenoxy) is 1. The van der Waals surface area contributed by atoms with E-state index in [9.17, 15) is 9.59 Å². The predicted octanol–water partition coefficient (Wildman–Crippen LogP) is 0.889. The number of para-hydroxylation sites is 1. The average molecular weight is 495 g/mol. The molecule has 0 bridgehead atoms. The van der Waals surface area contributed by atoms with Crippen LogP contribution < -0.4 is 20.7 Å². The molecule has 3 aromatic rings. The van der Waals surface area contributed by atoms with Crippen molar-refractivity contribution in [1.82, 2.24) is 35.2 Å². The van der Waals surface area contributed by atoms with Gasteiger partial charge in [-0.1, -0.05) is 11.3 Å². The second kappa shape index (κ2) is 10.9. The van der Waals surface area contributed by atoms with Crippen LogP contribution in [0.15, 0.2) is 30.6 Å². The van der Waals surface area contributed by atoms with Gasteiger partial charge >= 0.3 is 6.03 Å². The van der Waals surface area contributed by atoms with Gasteiger partial charge in [0.15, 0.2) is 23.1 Å². The van der Waals surface area contributed by atoms with Gasteiger partial charge in [0.25, 0.3) is 5.91 Å². The van der Waals surface area contributed by atoms with E-state index in [0.717, 1.165) is 19.3 Å². The van der Waals surface area contributed by atoms with Crippen molar-refractivity contribution in [2.75, 3.05) is 30.8 Å². The van der Waals surface area contributed by atoms with Gasteiger partial charge in [0.2, 0.25) is 0 Å². The lowest BCUT2D eigenvalue weighted by Gasteiger charge is -2.26. The summed E-state index contributed by atoms with van der Waals surface area (Å²) in [5, 5.41) is 18.5. The minimum atomic E-state index is -1.99. The molecular weight excluding hydrogens is 471 g/mol. The van der Waals surface area contributed by atoms with E-state index in [1.165, 1.54) is 13.2 Å². The van der Waals surface area contributed by atoms with E-state index in [1.54, 1.807) is 41.2 Å². The normalized spacial score (nSPS) is 13.6. The molecule has 15 heteroatoms. The summed E-state index contributed by atoms with van der Waals surface area (Å²) >= 11 is 0. The molecule has 0 saturated carbocycles. The Morgan fingerprint density at radius 1 is 1.08 bits per heavy atom. The third kappa shape index (κ3) is 6.40. The van der Waals surface area contributed by atoms with Gasteiger partial charge in [0.1, 0.15) is 6.33 Å². The zero-order chi connectivity index (χ0) is 26.6. The average Bonchev–Trinajstić information content (AvgIpc) is 3.29. The topological polar surface area (TPSA) is 139 Å². The number of carbonyl (C=O) groups is 2. The number of hydrogen-bond acceptors (Lipinski definition) is 8. The van der Waals surface area contributed by atoms with E-state index in [0.29, 0.717) is 35.9 Å². The van der Waals surface area contributed by atoms with Crippen molar-refractivity contribution >= 4 is 52.7 Å². The second-order valence-electron chi connectivity index (χ2n) is 8.61. The summed E-state index contributed by atoms with van der Waals surface area (Å²) in [7, 11) is 19.9. The monoisotopic (exact) mass is 495 g/mol. The number of anilines is 3. The molecule has 6 radical (unpaired) electrons. The smallest absolute Gasteiger partial charge is 0.323 e. The van der Waals surface area contributed by atoms with Crippen LogP contribution in [0, 0.1) is 0 Å². The number of aromatic nitrogens is 5. The first-order valence-corrected chi connectivity index (χ1v) is 11.6. The van der Waals surface area contributed by atoms with Gasteiger partial charge in [0, 0.05) is 26.2 Å². The molecule has 0 spiro atoms. The molecule has 3 heterocycles. The number of carbonyl (C=O) groups excluding carboxylic acids is 2. The summed E-state index contributed by atoms with van der Waals surface area (Å²) in [5.41, 5.74) is 1.12. The Labute approximate surface area is 218 Å². The van der Waals surface area contributed by atoms with Crippen LogP contribution in [0.3, 0.4) is 0 Å². The SMILES string of the molecule is [B]C([B])([B])NC(=O)c1nnc(NC(=O)N2CCCCC2)cc1Nc1cccc(-c2ncn(C)n2)c1OC. The van der Waals surface area contributed by atoms with Crippen molar-refractivity contribution in [3.05, 3.63) is 36.3 Å². The van der Waals surface area contributed by atoms with Crippen molar-refractivity contribution in [3.63, 3.8) is 0 Å². The molecule has 0 unspecified atom stereocenters. The summed E-state index contributed by atoms with van der Waals surface area (Å²) in [6, 6.07) is 6.48. The number of aryl methyl sites for hydroxylation is 1. The van der Waals surface area contributed by atoms with Crippen molar-refractivity contribution in [3.8, 4) is 17.1 Å². The minimum Gasteiger partial charge on any atom is -0.494 e. The first-order valence-electron chi connectivity index (χ1n) is 11.6. The quantitative estimate of drug-likeness (QED) is 0.411. The summed E-state index contributed by atoms with van der Waals surface area (Å²) < 4.78 is 7.21. The molecule has 184 valence electrons. The molecule has 1 fully saturated rings. The van der Waals surface area contributed by atoms with Gasteiger partial charge in [-0.3, -0.25) is 14.8 Å². The molecule has 0 aliphatic carbocycles. The fourth-order valence-electron chi connectivity index (χ4n) is 3.90. The molecule has 1 aliphatic rings. The van der Waals surface area contributed by atoms with E-state index < -0.39 is 11.1 Å². The Balaban J connectivity index is 1.69. The van der Waals surface area contributed by atoms with Crippen LogP contribution >= 0.6 is 0 Å².